The van der Waals surface area contributed by atoms with Crippen LogP contribution in [0.15, 0.2) is 78.7 Å². The van der Waals surface area contributed by atoms with Crippen LogP contribution in [0.5, 0.6) is 5.75 Å². The molecule has 3 rings (SSSR count). The van der Waals surface area contributed by atoms with Crippen molar-refractivity contribution in [3.63, 3.8) is 0 Å². The first kappa shape index (κ1) is 26.1. The number of anilines is 3. The molecule has 36 heavy (non-hydrogen) atoms. The summed E-state index contributed by atoms with van der Waals surface area (Å²) in [6, 6.07) is 12.2. The maximum atomic E-state index is 12.5. The molecule has 0 fully saturated rings. The SMILES string of the molecule is COc1cc(N(CCC2=CN(CC(=O)O)C=CC=C2)C(C)=O)ccc1NC(=O)Nc1ccccc1C. The molecule has 0 aliphatic carbocycles. The highest BCUT2D eigenvalue weighted by Gasteiger charge is 2.16. The van der Waals surface area contributed by atoms with Gasteiger partial charge >= 0.3 is 12.0 Å². The highest BCUT2D eigenvalue weighted by atomic mass is 16.5. The second-order valence-electron chi connectivity index (χ2n) is 8.17. The fourth-order valence-corrected chi connectivity index (χ4v) is 3.69. The van der Waals surface area contributed by atoms with Gasteiger partial charge in [-0.05, 0) is 48.8 Å². The first-order valence-corrected chi connectivity index (χ1v) is 11.4. The average Bonchev–Trinajstić information content (AvgIpc) is 3.05. The van der Waals surface area contributed by atoms with Gasteiger partial charge in [0.25, 0.3) is 0 Å². The Kier molecular flexibility index (Phi) is 8.88. The number of rotatable bonds is 9. The Hall–Kier alpha value is -4.53. The Balaban J connectivity index is 1.72. The molecule has 2 aromatic carbocycles. The van der Waals surface area contributed by atoms with Crippen LogP contribution >= 0.6 is 0 Å². The lowest BCUT2D eigenvalue weighted by atomic mass is 10.1. The number of nitrogens with zero attached hydrogens (tertiary/aromatic N) is 2. The van der Waals surface area contributed by atoms with Gasteiger partial charge in [-0.3, -0.25) is 9.59 Å². The summed E-state index contributed by atoms with van der Waals surface area (Å²) in [7, 11) is 1.49. The summed E-state index contributed by atoms with van der Waals surface area (Å²) in [5.74, 6) is -0.686. The summed E-state index contributed by atoms with van der Waals surface area (Å²) in [4.78, 5) is 39.2. The summed E-state index contributed by atoms with van der Waals surface area (Å²) in [6.07, 6.45) is 9.43. The van der Waals surface area contributed by atoms with E-state index < -0.39 is 12.0 Å². The molecule has 1 aliphatic heterocycles. The van der Waals surface area contributed by atoms with Gasteiger partial charge in [0.05, 0.1) is 12.8 Å². The van der Waals surface area contributed by atoms with Crippen LogP contribution in [0.25, 0.3) is 0 Å². The van der Waals surface area contributed by atoms with E-state index in [1.165, 1.54) is 14.0 Å². The fourth-order valence-electron chi connectivity index (χ4n) is 3.69. The van der Waals surface area contributed by atoms with Crippen molar-refractivity contribution in [2.24, 2.45) is 0 Å². The number of carbonyl (C=O) groups excluding carboxylic acids is 2. The number of hydrogen-bond donors (Lipinski definition) is 3. The minimum absolute atomic E-state index is 0.152. The fraction of sp³-hybridized carbons (Fsp3) is 0.222. The van der Waals surface area contributed by atoms with Crippen molar-refractivity contribution < 1.29 is 24.2 Å². The van der Waals surface area contributed by atoms with E-state index in [9.17, 15) is 14.4 Å². The van der Waals surface area contributed by atoms with Gasteiger partial charge in [0.2, 0.25) is 5.91 Å². The molecule has 0 radical (unpaired) electrons. The molecular formula is C27H30N4O5. The third-order valence-electron chi connectivity index (χ3n) is 5.49. The average molecular weight is 491 g/mol. The molecule has 2 aromatic rings. The van der Waals surface area contributed by atoms with Gasteiger partial charge in [0.15, 0.2) is 0 Å². The van der Waals surface area contributed by atoms with Crippen molar-refractivity contribution in [1.82, 2.24) is 4.90 Å². The zero-order valence-corrected chi connectivity index (χ0v) is 20.5. The molecule has 0 aromatic heterocycles. The minimum Gasteiger partial charge on any atom is -0.494 e. The molecule has 3 amide bonds. The number of carboxylic acids is 1. The highest BCUT2D eigenvalue weighted by Crippen LogP contribution is 2.31. The largest absolute Gasteiger partial charge is 0.494 e. The topological polar surface area (TPSA) is 111 Å². The molecule has 1 aliphatic rings. The number of para-hydroxylation sites is 1. The molecule has 188 valence electrons. The highest BCUT2D eigenvalue weighted by molar-refractivity contribution is 6.01. The first-order valence-electron chi connectivity index (χ1n) is 11.4. The first-order chi connectivity index (χ1) is 17.3. The van der Waals surface area contributed by atoms with Crippen LogP contribution in [0.3, 0.4) is 0 Å². The number of methoxy groups -OCH3 is 1. The summed E-state index contributed by atoms with van der Waals surface area (Å²) in [5, 5.41) is 14.7. The van der Waals surface area contributed by atoms with Crippen LogP contribution in [0.4, 0.5) is 21.9 Å². The summed E-state index contributed by atoms with van der Waals surface area (Å²) < 4.78 is 5.48. The minimum atomic E-state index is -0.934. The zero-order chi connectivity index (χ0) is 26.1. The van der Waals surface area contributed by atoms with Crippen LogP contribution in [0.2, 0.25) is 0 Å². The lowest BCUT2D eigenvalue weighted by Gasteiger charge is -2.23. The predicted octanol–water partition coefficient (Wildman–Crippen LogP) is 4.74. The maximum absolute atomic E-state index is 12.5. The molecule has 0 saturated carbocycles. The number of aliphatic carboxylic acids is 1. The predicted molar refractivity (Wildman–Crippen MR) is 140 cm³/mol. The smallest absolute Gasteiger partial charge is 0.323 e. The van der Waals surface area contributed by atoms with Crippen LogP contribution in [0, 0.1) is 6.92 Å². The summed E-state index contributed by atoms with van der Waals surface area (Å²) >= 11 is 0. The monoisotopic (exact) mass is 490 g/mol. The van der Waals surface area contributed by atoms with Gasteiger partial charge in [-0.1, -0.05) is 30.4 Å². The van der Waals surface area contributed by atoms with Crippen LogP contribution in [-0.2, 0) is 9.59 Å². The molecule has 9 nitrogen and oxygen atoms in total. The van der Waals surface area contributed by atoms with Gasteiger partial charge in [0, 0.05) is 43.3 Å². The number of allylic oxidation sites excluding steroid dienone is 3. The number of hydrogen-bond acceptors (Lipinski definition) is 5. The van der Waals surface area contributed by atoms with Crippen molar-refractivity contribution in [2.45, 2.75) is 20.3 Å². The lowest BCUT2D eigenvalue weighted by molar-refractivity contribution is -0.137. The number of carbonyl (C=O) groups is 3. The van der Waals surface area contributed by atoms with E-state index >= 15 is 0 Å². The van der Waals surface area contributed by atoms with Gasteiger partial charge in [-0.2, -0.15) is 0 Å². The van der Waals surface area contributed by atoms with Crippen LogP contribution < -0.4 is 20.3 Å². The number of carboxylic acid groups (broad SMARTS) is 1. The van der Waals surface area contributed by atoms with Crippen LogP contribution in [-0.4, -0.2) is 48.1 Å². The molecule has 0 unspecified atom stereocenters. The van der Waals surface area contributed by atoms with Crippen molar-refractivity contribution in [2.75, 3.05) is 35.7 Å². The van der Waals surface area contributed by atoms with Gasteiger partial charge in [-0.15, -0.1) is 0 Å². The molecule has 3 N–H and O–H groups in total. The lowest BCUT2D eigenvalue weighted by Crippen LogP contribution is -2.30. The van der Waals surface area contributed by atoms with E-state index in [-0.39, 0.29) is 12.5 Å². The summed E-state index contributed by atoms with van der Waals surface area (Å²) in [6.45, 7) is 3.60. The third kappa shape index (κ3) is 7.23. The molecular weight excluding hydrogens is 460 g/mol. The summed E-state index contributed by atoms with van der Waals surface area (Å²) in [5.41, 5.74) is 3.59. The van der Waals surface area contributed by atoms with Crippen molar-refractivity contribution >= 4 is 35.0 Å². The van der Waals surface area contributed by atoms with Gasteiger partial charge < -0.3 is 30.3 Å². The van der Waals surface area contributed by atoms with E-state index in [1.54, 1.807) is 46.5 Å². The standard InChI is InChI=1S/C27H30N4O5/c1-19-8-4-5-10-23(19)28-27(35)29-24-12-11-22(16-25(24)36-3)31(20(2)32)15-13-21-9-6-7-14-30(17-21)18-26(33)34/h4-12,14,16-17H,13,15,18H2,1-3H3,(H,33,34)(H2,28,29,35). The Morgan fingerprint density at radius 1 is 1.06 bits per heavy atom. The van der Waals surface area contributed by atoms with E-state index in [0.717, 1.165) is 11.1 Å². The van der Waals surface area contributed by atoms with E-state index in [2.05, 4.69) is 10.6 Å². The number of urea groups is 1. The molecule has 0 spiro atoms. The number of amides is 3. The second-order valence-corrected chi connectivity index (χ2v) is 8.17. The van der Waals surface area contributed by atoms with E-state index in [0.29, 0.717) is 35.8 Å². The van der Waals surface area contributed by atoms with E-state index in [4.69, 9.17) is 9.84 Å². The Bertz CT molecular complexity index is 1220. The molecule has 0 saturated heterocycles. The molecule has 9 heteroatoms. The van der Waals surface area contributed by atoms with Crippen molar-refractivity contribution in [1.29, 1.82) is 0 Å². The van der Waals surface area contributed by atoms with Crippen LogP contribution in [0.1, 0.15) is 18.9 Å². The van der Waals surface area contributed by atoms with E-state index in [1.807, 2.05) is 43.3 Å². The van der Waals surface area contributed by atoms with Crippen molar-refractivity contribution in [3.05, 3.63) is 84.2 Å². The van der Waals surface area contributed by atoms with Crippen molar-refractivity contribution in [3.8, 4) is 5.75 Å². The quantitative estimate of drug-likeness (QED) is 0.468. The molecule has 0 bridgehead atoms. The maximum Gasteiger partial charge on any atom is 0.323 e. The number of aryl methyl sites for hydroxylation is 1. The third-order valence-corrected chi connectivity index (χ3v) is 5.49. The van der Waals surface area contributed by atoms with Gasteiger partial charge in [-0.25, -0.2) is 4.79 Å². The Morgan fingerprint density at radius 2 is 1.81 bits per heavy atom. The number of nitrogens with one attached hydrogen (secondary N) is 2. The van der Waals surface area contributed by atoms with Gasteiger partial charge in [0.1, 0.15) is 12.3 Å². The number of benzene rings is 2. The molecule has 0 atom stereocenters. The number of ether oxygens (including phenoxy) is 1. The normalized spacial score (nSPS) is 12.4. The Labute approximate surface area is 210 Å². The second kappa shape index (κ2) is 12.3. The molecule has 1 heterocycles. The zero-order valence-electron chi connectivity index (χ0n) is 20.5. The Morgan fingerprint density at radius 3 is 2.50 bits per heavy atom.